The second-order valence-electron chi connectivity index (χ2n) is 3.53. The highest BCUT2D eigenvalue weighted by atomic mass is 32.2. The number of rotatable bonds is 1. The van der Waals surface area contributed by atoms with Crippen LogP contribution in [0.3, 0.4) is 0 Å². The van der Waals surface area contributed by atoms with Crippen molar-refractivity contribution in [2.45, 2.75) is 18.7 Å². The summed E-state index contributed by atoms with van der Waals surface area (Å²) in [6.07, 6.45) is 0. The maximum absolute atomic E-state index is 11.5. The molecule has 0 fully saturated rings. The van der Waals surface area contributed by atoms with Crippen molar-refractivity contribution in [1.82, 2.24) is 4.90 Å². The van der Waals surface area contributed by atoms with Crippen LogP contribution in [0.25, 0.3) is 0 Å². The summed E-state index contributed by atoms with van der Waals surface area (Å²) >= 11 is 1.28. The highest BCUT2D eigenvalue weighted by Gasteiger charge is 2.08. The molecule has 1 rings (SSSR count). The van der Waals surface area contributed by atoms with E-state index in [1.807, 2.05) is 26.0 Å². The van der Waals surface area contributed by atoms with Crippen LogP contribution >= 0.6 is 11.8 Å². The predicted molar refractivity (Wildman–Crippen MR) is 60.9 cm³/mol. The van der Waals surface area contributed by atoms with Crippen molar-refractivity contribution in [3.8, 4) is 0 Å². The van der Waals surface area contributed by atoms with Crippen molar-refractivity contribution in [2.75, 3.05) is 14.1 Å². The number of aryl methyl sites for hydroxylation is 2. The Labute approximate surface area is 89.3 Å². The van der Waals surface area contributed by atoms with Gasteiger partial charge < -0.3 is 4.90 Å². The average molecular weight is 209 g/mol. The van der Waals surface area contributed by atoms with Gasteiger partial charge in [-0.3, -0.25) is 4.79 Å². The van der Waals surface area contributed by atoms with Crippen molar-refractivity contribution >= 4 is 17.0 Å². The zero-order valence-corrected chi connectivity index (χ0v) is 9.81. The number of nitrogens with zero attached hydrogens (tertiary/aromatic N) is 1. The molecule has 2 nitrogen and oxygen atoms in total. The minimum absolute atomic E-state index is 0.0682. The maximum atomic E-state index is 11.5. The molecule has 0 aliphatic rings. The molecule has 0 radical (unpaired) electrons. The molecular formula is C11H15NOS. The Morgan fingerprint density at radius 3 is 2.50 bits per heavy atom. The first kappa shape index (κ1) is 11.1. The smallest absolute Gasteiger partial charge is 0.285 e. The number of carbonyl (C=O) groups excluding carboxylic acids is 1. The van der Waals surface area contributed by atoms with Gasteiger partial charge in [-0.25, -0.2) is 0 Å². The van der Waals surface area contributed by atoms with Gasteiger partial charge in [0, 0.05) is 19.0 Å². The molecule has 0 heterocycles. The van der Waals surface area contributed by atoms with Gasteiger partial charge in [-0.05, 0) is 42.8 Å². The fourth-order valence-electron chi connectivity index (χ4n) is 1.00. The van der Waals surface area contributed by atoms with E-state index in [0.29, 0.717) is 0 Å². The number of benzene rings is 1. The van der Waals surface area contributed by atoms with E-state index in [4.69, 9.17) is 0 Å². The van der Waals surface area contributed by atoms with E-state index in [1.165, 1.54) is 17.3 Å². The average Bonchev–Trinajstić information content (AvgIpc) is 2.11. The number of thioether (sulfide) groups is 1. The van der Waals surface area contributed by atoms with Crippen molar-refractivity contribution in [3.05, 3.63) is 29.3 Å². The number of hydrogen-bond acceptors (Lipinski definition) is 2. The SMILES string of the molecule is Cc1ccc(C)c(SC(=O)N(C)C)c1. The summed E-state index contributed by atoms with van der Waals surface area (Å²) in [6, 6.07) is 6.14. The van der Waals surface area contributed by atoms with Gasteiger partial charge in [-0.1, -0.05) is 12.1 Å². The molecule has 3 heteroatoms. The van der Waals surface area contributed by atoms with Crippen molar-refractivity contribution < 1.29 is 4.79 Å². The summed E-state index contributed by atoms with van der Waals surface area (Å²) in [5.41, 5.74) is 2.33. The molecule has 0 aliphatic carbocycles. The minimum atomic E-state index is 0.0682. The Balaban J connectivity index is 2.86. The highest BCUT2D eigenvalue weighted by Crippen LogP contribution is 2.25. The van der Waals surface area contributed by atoms with Crippen molar-refractivity contribution in [3.63, 3.8) is 0 Å². The van der Waals surface area contributed by atoms with Crippen LogP contribution in [0, 0.1) is 13.8 Å². The molecule has 1 amide bonds. The molecule has 0 spiro atoms. The third-order valence-corrected chi connectivity index (χ3v) is 3.11. The van der Waals surface area contributed by atoms with E-state index in [0.717, 1.165) is 10.5 Å². The Bertz CT molecular complexity index is 347. The summed E-state index contributed by atoms with van der Waals surface area (Å²) in [4.78, 5) is 14.1. The van der Waals surface area contributed by atoms with Gasteiger partial charge in [0.15, 0.2) is 0 Å². The summed E-state index contributed by atoms with van der Waals surface area (Å²) in [7, 11) is 3.53. The first-order valence-corrected chi connectivity index (χ1v) is 5.28. The molecule has 0 saturated heterocycles. The molecular weight excluding hydrogens is 194 g/mol. The van der Waals surface area contributed by atoms with Crippen LogP contribution in [0.1, 0.15) is 11.1 Å². The fourth-order valence-corrected chi connectivity index (χ4v) is 1.85. The van der Waals surface area contributed by atoms with Gasteiger partial charge in [0.1, 0.15) is 0 Å². The number of hydrogen-bond donors (Lipinski definition) is 0. The molecule has 14 heavy (non-hydrogen) atoms. The van der Waals surface area contributed by atoms with Gasteiger partial charge >= 0.3 is 0 Å². The Hall–Kier alpha value is -0.960. The summed E-state index contributed by atoms with van der Waals surface area (Å²) in [5.74, 6) is 0. The third-order valence-electron chi connectivity index (χ3n) is 1.91. The Morgan fingerprint density at radius 2 is 1.93 bits per heavy atom. The van der Waals surface area contributed by atoms with Crippen LogP contribution in [-0.4, -0.2) is 24.2 Å². The molecule has 0 aromatic heterocycles. The number of carbonyl (C=O) groups is 1. The van der Waals surface area contributed by atoms with Crippen LogP contribution in [0.5, 0.6) is 0 Å². The zero-order chi connectivity index (χ0) is 10.7. The highest BCUT2D eigenvalue weighted by molar-refractivity contribution is 8.13. The fraction of sp³-hybridized carbons (Fsp3) is 0.364. The predicted octanol–water partition coefficient (Wildman–Crippen LogP) is 3.08. The molecule has 0 bridgehead atoms. The van der Waals surface area contributed by atoms with Gasteiger partial charge in [0.2, 0.25) is 0 Å². The Kier molecular flexibility index (Phi) is 3.58. The third kappa shape index (κ3) is 2.77. The standard InChI is InChI=1S/C11H15NOS/c1-8-5-6-9(2)10(7-8)14-11(13)12(3)4/h5-7H,1-4H3. The van der Waals surface area contributed by atoms with Crippen molar-refractivity contribution in [2.24, 2.45) is 0 Å². The van der Waals surface area contributed by atoms with Crippen molar-refractivity contribution in [1.29, 1.82) is 0 Å². The van der Waals surface area contributed by atoms with Gasteiger partial charge in [-0.2, -0.15) is 0 Å². The topological polar surface area (TPSA) is 20.3 Å². The van der Waals surface area contributed by atoms with Crippen LogP contribution in [0.4, 0.5) is 4.79 Å². The molecule has 76 valence electrons. The summed E-state index contributed by atoms with van der Waals surface area (Å²) < 4.78 is 0. The van der Waals surface area contributed by atoms with E-state index < -0.39 is 0 Å². The largest absolute Gasteiger partial charge is 0.339 e. The van der Waals surface area contributed by atoms with Crippen LogP contribution in [-0.2, 0) is 0 Å². The molecule has 1 aromatic carbocycles. The quantitative estimate of drug-likeness (QED) is 0.662. The van der Waals surface area contributed by atoms with Crippen LogP contribution in [0.2, 0.25) is 0 Å². The summed E-state index contributed by atoms with van der Waals surface area (Å²) in [6.45, 7) is 4.05. The zero-order valence-electron chi connectivity index (χ0n) is 9.00. The summed E-state index contributed by atoms with van der Waals surface area (Å²) in [5, 5.41) is 0.0682. The van der Waals surface area contributed by atoms with Crippen LogP contribution in [0.15, 0.2) is 23.1 Å². The van der Waals surface area contributed by atoms with Gasteiger partial charge in [-0.15, -0.1) is 0 Å². The lowest BCUT2D eigenvalue weighted by Gasteiger charge is -2.11. The molecule has 0 N–H and O–H groups in total. The second kappa shape index (κ2) is 4.51. The van der Waals surface area contributed by atoms with E-state index in [2.05, 4.69) is 6.07 Å². The lowest BCUT2D eigenvalue weighted by molar-refractivity contribution is 0.241. The normalized spacial score (nSPS) is 10.0. The van der Waals surface area contributed by atoms with Gasteiger partial charge in [0.05, 0.1) is 0 Å². The van der Waals surface area contributed by atoms with E-state index >= 15 is 0 Å². The minimum Gasteiger partial charge on any atom is -0.339 e. The van der Waals surface area contributed by atoms with E-state index in [-0.39, 0.29) is 5.24 Å². The lowest BCUT2D eigenvalue weighted by atomic mass is 10.2. The molecule has 0 aliphatic heterocycles. The molecule has 0 atom stereocenters. The van der Waals surface area contributed by atoms with E-state index in [9.17, 15) is 4.79 Å². The van der Waals surface area contributed by atoms with Crippen LogP contribution < -0.4 is 0 Å². The molecule has 1 aromatic rings. The molecule has 0 saturated carbocycles. The first-order chi connectivity index (χ1) is 6.50. The lowest BCUT2D eigenvalue weighted by Crippen LogP contribution is -2.16. The first-order valence-electron chi connectivity index (χ1n) is 4.47. The molecule has 0 unspecified atom stereocenters. The van der Waals surface area contributed by atoms with E-state index in [1.54, 1.807) is 19.0 Å². The monoisotopic (exact) mass is 209 g/mol. The Morgan fingerprint density at radius 1 is 1.29 bits per heavy atom. The van der Waals surface area contributed by atoms with Gasteiger partial charge in [0.25, 0.3) is 5.24 Å². The second-order valence-corrected chi connectivity index (χ2v) is 4.52. The number of amides is 1. The maximum Gasteiger partial charge on any atom is 0.285 e.